The van der Waals surface area contributed by atoms with Gasteiger partial charge >= 0.3 is 5.97 Å². The Morgan fingerprint density at radius 2 is 2.00 bits per heavy atom. The van der Waals surface area contributed by atoms with Crippen molar-refractivity contribution in [2.75, 3.05) is 19.7 Å². The van der Waals surface area contributed by atoms with Crippen LogP contribution < -0.4 is 5.32 Å². The van der Waals surface area contributed by atoms with Gasteiger partial charge < -0.3 is 15.0 Å². The number of rotatable bonds is 6. The highest BCUT2D eigenvalue weighted by atomic mass is 16.5. The first-order valence-electron chi connectivity index (χ1n) is 8.10. The summed E-state index contributed by atoms with van der Waals surface area (Å²) in [5.74, 6) is -0.658. The number of ether oxygens (including phenoxy) is 1. The Hall–Kier alpha value is -2.51. The quantitative estimate of drug-likeness (QED) is 0.762. The van der Waals surface area contributed by atoms with Gasteiger partial charge in [-0.25, -0.2) is 4.98 Å². The third kappa shape index (κ3) is 5.29. The second-order valence-electron chi connectivity index (χ2n) is 5.52. The maximum absolute atomic E-state index is 12.1. The van der Waals surface area contributed by atoms with Gasteiger partial charge in [-0.1, -0.05) is 0 Å². The maximum atomic E-state index is 12.1. The summed E-state index contributed by atoms with van der Waals surface area (Å²) in [5, 5.41) is 2.91. The highest BCUT2D eigenvalue weighted by molar-refractivity contribution is 5.92. The van der Waals surface area contributed by atoms with E-state index in [2.05, 4.69) is 15.3 Å². The first kappa shape index (κ1) is 17.8. The van der Waals surface area contributed by atoms with Crippen LogP contribution in [0.25, 0.3) is 0 Å². The smallest absolute Gasteiger partial charge is 0.306 e. The van der Waals surface area contributed by atoms with Crippen molar-refractivity contribution in [2.24, 2.45) is 0 Å². The second-order valence-corrected chi connectivity index (χ2v) is 5.52. The van der Waals surface area contributed by atoms with E-state index >= 15 is 0 Å². The van der Waals surface area contributed by atoms with Gasteiger partial charge in [0.05, 0.1) is 19.2 Å². The minimum Gasteiger partial charge on any atom is -0.466 e. The van der Waals surface area contributed by atoms with E-state index in [9.17, 15) is 14.4 Å². The lowest BCUT2D eigenvalue weighted by molar-refractivity contribution is -0.145. The molecule has 0 radical (unpaired) electrons. The van der Waals surface area contributed by atoms with Crippen LogP contribution in [0.3, 0.4) is 0 Å². The van der Waals surface area contributed by atoms with E-state index < -0.39 is 0 Å². The summed E-state index contributed by atoms with van der Waals surface area (Å²) in [4.78, 5) is 44.9. The molecule has 0 aromatic carbocycles. The van der Waals surface area contributed by atoms with E-state index in [1.165, 1.54) is 18.6 Å². The Balaban J connectivity index is 1.72. The molecule has 0 aliphatic carbocycles. The number of aromatic nitrogens is 2. The molecule has 8 nitrogen and oxygen atoms in total. The van der Waals surface area contributed by atoms with Crippen LogP contribution in [0.5, 0.6) is 0 Å². The average molecular weight is 334 g/mol. The number of hydrogen-bond donors (Lipinski definition) is 1. The largest absolute Gasteiger partial charge is 0.466 e. The van der Waals surface area contributed by atoms with Gasteiger partial charge in [0.2, 0.25) is 5.91 Å². The molecule has 2 rings (SSSR count). The van der Waals surface area contributed by atoms with E-state index in [-0.39, 0.29) is 42.4 Å². The number of amides is 2. The van der Waals surface area contributed by atoms with Crippen molar-refractivity contribution in [2.45, 2.75) is 38.6 Å². The molecule has 1 N–H and O–H groups in total. The first-order chi connectivity index (χ1) is 11.6. The number of likely N-dealkylation sites (tertiary alicyclic amines) is 1. The number of nitrogens with zero attached hydrogens (tertiary/aromatic N) is 3. The van der Waals surface area contributed by atoms with Crippen molar-refractivity contribution in [3.63, 3.8) is 0 Å². The SMILES string of the molecule is CCOC(=O)CCC(=O)N1CCC(NC(=O)c2cnccn2)CC1. The Morgan fingerprint density at radius 3 is 2.62 bits per heavy atom. The van der Waals surface area contributed by atoms with E-state index in [0.717, 1.165) is 0 Å². The average Bonchev–Trinajstić information content (AvgIpc) is 2.61. The fourth-order valence-electron chi connectivity index (χ4n) is 2.55. The molecule has 8 heteroatoms. The van der Waals surface area contributed by atoms with E-state index in [1.807, 2.05) is 0 Å². The summed E-state index contributed by atoms with van der Waals surface area (Å²) in [6, 6.07) is 0.00797. The fourth-order valence-corrected chi connectivity index (χ4v) is 2.55. The summed E-state index contributed by atoms with van der Waals surface area (Å²) in [5.41, 5.74) is 0.283. The topological polar surface area (TPSA) is 101 Å². The third-order valence-corrected chi connectivity index (χ3v) is 3.83. The van der Waals surface area contributed by atoms with Crippen molar-refractivity contribution in [3.05, 3.63) is 24.3 Å². The van der Waals surface area contributed by atoms with Gasteiger partial charge in [0.25, 0.3) is 5.91 Å². The van der Waals surface area contributed by atoms with Gasteiger partial charge in [-0.05, 0) is 19.8 Å². The van der Waals surface area contributed by atoms with Gasteiger partial charge in [-0.15, -0.1) is 0 Å². The molecular formula is C16H22N4O4. The molecule has 24 heavy (non-hydrogen) atoms. The summed E-state index contributed by atoms with van der Waals surface area (Å²) < 4.78 is 4.81. The van der Waals surface area contributed by atoms with Crippen molar-refractivity contribution < 1.29 is 19.1 Å². The van der Waals surface area contributed by atoms with Crippen LogP contribution in [0.2, 0.25) is 0 Å². The van der Waals surface area contributed by atoms with Gasteiger partial charge in [-0.2, -0.15) is 0 Å². The number of nitrogens with one attached hydrogen (secondary N) is 1. The van der Waals surface area contributed by atoms with E-state index in [1.54, 1.807) is 11.8 Å². The molecule has 1 fully saturated rings. The Bertz CT molecular complexity index is 571. The van der Waals surface area contributed by atoms with Crippen LogP contribution in [0, 0.1) is 0 Å². The summed E-state index contributed by atoms with van der Waals surface area (Å²) >= 11 is 0. The highest BCUT2D eigenvalue weighted by Crippen LogP contribution is 2.13. The standard InChI is InChI=1S/C16H22N4O4/c1-2-24-15(22)4-3-14(21)20-9-5-12(6-10-20)19-16(23)13-11-17-7-8-18-13/h7-8,11-12H,2-6,9-10H2,1H3,(H,19,23). The van der Waals surface area contributed by atoms with Crippen LogP contribution in [-0.2, 0) is 14.3 Å². The molecular weight excluding hydrogens is 312 g/mol. The maximum Gasteiger partial charge on any atom is 0.306 e. The zero-order valence-electron chi connectivity index (χ0n) is 13.7. The van der Waals surface area contributed by atoms with Crippen LogP contribution >= 0.6 is 0 Å². The molecule has 0 unspecified atom stereocenters. The number of esters is 1. The highest BCUT2D eigenvalue weighted by Gasteiger charge is 2.24. The molecule has 130 valence electrons. The monoisotopic (exact) mass is 334 g/mol. The lowest BCUT2D eigenvalue weighted by Gasteiger charge is -2.32. The molecule has 1 aromatic rings. The fraction of sp³-hybridized carbons (Fsp3) is 0.562. The molecule has 0 atom stereocenters. The first-order valence-corrected chi connectivity index (χ1v) is 8.10. The van der Waals surface area contributed by atoms with Crippen molar-refractivity contribution in [3.8, 4) is 0 Å². The molecule has 2 amide bonds. The van der Waals surface area contributed by atoms with E-state index in [0.29, 0.717) is 32.5 Å². The summed E-state index contributed by atoms with van der Waals surface area (Å²) in [7, 11) is 0. The minimum atomic E-state index is -0.350. The molecule has 0 spiro atoms. The summed E-state index contributed by atoms with van der Waals surface area (Å²) in [6.45, 7) is 3.18. The third-order valence-electron chi connectivity index (χ3n) is 3.83. The van der Waals surface area contributed by atoms with Gasteiger partial charge in [-0.3, -0.25) is 19.4 Å². The van der Waals surface area contributed by atoms with Crippen LogP contribution in [-0.4, -0.2) is 58.4 Å². The Morgan fingerprint density at radius 1 is 1.25 bits per heavy atom. The van der Waals surface area contributed by atoms with Gasteiger partial charge in [0.1, 0.15) is 5.69 Å². The zero-order chi connectivity index (χ0) is 17.4. The van der Waals surface area contributed by atoms with Crippen LogP contribution in [0.15, 0.2) is 18.6 Å². The Kier molecular flexibility index (Phi) is 6.65. The number of hydrogen-bond acceptors (Lipinski definition) is 6. The lowest BCUT2D eigenvalue weighted by Crippen LogP contribution is -2.46. The minimum absolute atomic E-state index is 0.00797. The van der Waals surface area contributed by atoms with Crippen molar-refractivity contribution >= 4 is 17.8 Å². The van der Waals surface area contributed by atoms with Gasteiger partial charge in [0.15, 0.2) is 0 Å². The molecule has 1 aliphatic heterocycles. The normalized spacial score (nSPS) is 15.0. The Labute approximate surface area is 140 Å². The molecule has 1 aliphatic rings. The molecule has 0 bridgehead atoms. The predicted molar refractivity (Wildman–Crippen MR) is 85.0 cm³/mol. The predicted octanol–water partition coefficient (Wildman–Crippen LogP) is 0.541. The molecule has 0 saturated carbocycles. The molecule has 2 heterocycles. The zero-order valence-corrected chi connectivity index (χ0v) is 13.7. The van der Waals surface area contributed by atoms with Crippen molar-refractivity contribution in [1.82, 2.24) is 20.2 Å². The molecule has 1 aromatic heterocycles. The van der Waals surface area contributed by atoms with Gasteiger partial charge in [0, 0.05) is 37.9 Å². The number of carbonyl (C=O) groups excluding carboxylic acids is 3. The number of piperidine rings is 1. The van der Waals surface area contributed by atoms with Crippen LogP contribution in [0.1, 0.15) is 43.1 Å². The van der Waals surface area contributed by atoms with Crippen molar-refractivity contribution in [1.29, 1.82) is 0 Å². The second kappa shape index (κ2) is 8.95. The van der Waals surface area contributed by atoms with E-state index in [4.69, 9.17) is 4.74 Å². The number of carbonyl (C=O) groups is 3. The summed E-state index contributed by atoms with van der Waals surface area (Å²) in [6.07, 6.45) is 6.03. The van der Waals surface area contributed by atoms with Crippen LogP contribution in [0.4, 0.5) is 0 Å². The lowest BCUT2D eigenvalue weighted by atomic mass is 10.0. The molecule has 1 saturated heterocycles.